The normalized spacial score (nSPS) is 14.3. The Morgan fingerprint density at radius 1 is 1.24 bits per heavy atom. The second-order valence-electron chi connectivity index (χ2n) is 5.49. The molecule has 2 N–H and O–H groups in total. The molecule has 4 rings (SSSR count). The molecule has 3 heterocycles. The van der Waals surface area contributed by atoms with Gasteiger partial charge >= 0.3 is 0 Å². The number of amides is 1. The lowest BCUT2D eigenvalue weighted by atomic mass is 10.1. The number of carbonyl (C=O) groups is 1. The Balaban J connectivity index is 1.70. The van der Waals surface area contributed by atoms with E-state index in [-0.39, 0.29) is 5.91 Å². The fourth-order valence-electron chi connectivity index (χ4n) is 2.71. The summed E-state index contributed by atoms with van der Waals surface area (Å²) in [5.41, 5.74) is 4.21. The Labute approximate surface area is 149 Å². The van der Waals surface area contributed by atoms with Gasteiger partial charge < -0.3 is 15.4 Å². The van der Waals surface area contributed by atoms with Gasteiger partial charge in [0, 0.05) is 23.5 Å². The molecule has 0 aliphatic carbocycles. The molecule has 0 radical (unpaired) electrons. The molecule has 25 heavy (non-hydrogen) atoms. The first-order chi connectivity index (χ1) is 12.3. The zero-order valence-corrected chi connectivity index (χ0v) is 14.3. The van der Waals surface area contributed by atoms with E-state index in [1.807, 2.05) is 41.8 Å². The number of anilines is 2. The van der Waals surface area contributed by atoms with E-state index in [4.69, 9.17) is 4.74 Å². The van der Waals surface area contributed by atoms with Crippen LogP contribution in [0.5, 0.6) is 5.75 Å². The molecule has 0 saturated heterocycles. The summed E-state index contributed by atoms with van der Waals surface area (Å²) < 4.78 is 5.32. The van der Waals surface area contributed by atoms with Crippen LogP contribution in [0, 0.1) is 0 Å². The molecule has 0 spiro atoms. The van der Waals surface area contributed by atoms with Gasteiger partial charge in [0.05, 0.1) is 18.4 Å². The number of hydrogen-bond donors (Lipinski definition) is 2. The number of pyridine rings is 1. The molecule has 1 aliphatic heterocycles. The van der Waals surface area contributed by atoms with Crippen molar-refractivity contribution in [2.45, 2.75) is 0 Å². The number of ether oxygens (including phenoxy) is 1. The fraction of sp³-hybridized carbons (Fsp3) is 0.0526. The zero-order chi connectivity index (χ0) is 17.2. The number of nitrogens with one attached hydrogen (secondary N) is 2. The Bertz CT molecular complexity index is 965. The van der Waals surface area contributed by atoms with E-state index < -0.39 is 0 Å². The summed E-state index contributed by atoms with van der Waals surface area (Å²) in [5.74, 6) is 1.12. The highest BCUT2D eigenvalue weighted by Gasteiger charge is 2.26. The van der Waals surface area contributed by atoms with E-state index in [2.05, 4.69) is 21.0 Å². The number of carbonyl (C=O) groups excluding carboxylic acids is 1. The van der Waals surface area contributed by atoms with Crippen molar-refractivity contribution in [3.63, 3.8) is 0 Å². The average Bonchev–Trinajstić information content (AvgIpc) is 3.27. The molecule has 3 aromatic rings. The van der Waals surface area contributed by atoms with E-state index >= 15 is 0 Å². The van der Waals surface area contributed by atoms with Crippen LogP contribution in [0.25, 0.3) is 16.7 Å². The first-order valence-corrected chi connectivity index (χ1v) is 8.64. The minimum absolute atomic E-state index is 0.174. The van der Waals surface area contributed by atoms with Gasteiger partial charge in [-0.05, 0) is 40.6 Å². The Morgan fingerprint density at radius 2 is 2.12 bits per heavy atom. The lowest BCUT2D eigenvalue weighted by Crippen LogP contribution is -2.05. The van der Waals surface area contributed by atoms with Gasteiger partial charge in [0.15, 0.2) is 0 Å². The van der Waals surface area contributed by atoms with Crippen molar-refractivity contribution in [3.05, 3.63) is 65.1 Å². The molecule has 1 amide bonds. The summed E-state index contributed by atoms with van der Waals surface area (Å²) in [4.78, 5) is 16.7. The SMILES string of the molecule is COc1ccccc1NC=C1C(=O)Nc2ncc(-c3ccsc3)cc21. The van der Waals surface area contributed by atoms with E-state index in [0.717, 1.165) is 22.4 Å². The Hall–Kier alpha value is -3.12. The smallest absolute Gasteiger partial charge is 0.259 e. The molecule has 1 aromatic carbocycles. The molecule has 1 aliphatic rings. The highest BCUT2D eigenvalue weighted by atomic mass is 32.1. The number of rotatable bonds is 4. The summed E-state index contributed by atoms with van der Waals surface area (Å²) in [7, 11) is 1.61. The number of nitrogens with zero attached hydrogens (tertiary/aromatic N) is 1. The molecule has 6 heteroatoms. The van der Waals surface area contributed by atoms with Crippen molar-refractivity contribution in [1.29, 1.82) is 0 Å². The number of para-hydroxylation sites is 2. The van der Waals surface area contributed by atoms with E-state index in [9.17, 15) is 4.79 Å². The van der Waals surface area contributed by atoms with E-state index in [1.165, 1.54) is 0 Å². The summed E-state index contributed by atoms with van der Waals surface area (Å²) >= 11 is 1.63. The van der Waals surface area contributed by atoms with Crippen LogP contribution in [0.3, 0.4) is 0 Å². The third kappa shape index (κ3) is 2.88. The molecule has 2 aromatic heterocycles. The second kappa shape index (κ2) is 6.41. The highest BCUT2D eigenvalue weighted by Crippen LogP contribution is 2.34. The highest BCUT2D eigenvalue weighted by molar-refractivity contribution is 7.08. The predicted octanol–water partition coefficient (Wildman–Crippen LogP) is 4.22. The van der Waals surface area contributed by atoms with Gasteiger partial charge in [-0.25, -0.2) is 4.98 Å². The van der Waals surface area contributed by atoms with Crippen LogP contribution >= 0.6 is 11.3 Å². The third-order valence-electron chi connectivity index (χ3n) is 3.99. The number of fused-ring (bicyclic) bond motifs is 1. The maximum absolute atomic E-state index is 12.3. The summed E-state index contributed by atoms with van der Waals surface area (Å²) in [6, 6.07) is 11.6. The van der Waals surface area contributed by atoms with Gasteiger partial charge in [0.1, 0.15) is 11.6 Å². The van der Waals surface area contributed by atoms with Crippen molar-refractivity contribution < 1.29 is 9.53 Å². The van der Waals surface area contributed by atoms with Crippen LogP contribution in [0.15, 0.2) is 59.6 Å². The molecular formula is C19H15N3O2S. The molecular weight excluding hydrogens is 334 g/mol. The number of methoxy groups -OCH3 is 1. The Kier molecular flexibility index (Phi) is 3.95. The van der Waals surface area contributed by atoms with Gasteiger partial charge in [0.2, 0.25) is 0 Å². The standard InChI is InChI=1S/C19H15N3O2S/c1-24-17-5-3-2-4-16(17)20-10-15-14-8-13(12-6-7-25-11-12)9-21-18(14)22-19(15)23/h2-11,20H,1H3,(H,21,22,23). The summed E-state index contributed by atoms with van der Waals surface area (Å²) in [6.07, 6.45) is 3.47. The average molecular weight is 349 g/mol. The fourth-order valence-corrected chi connectivity index (χ4v) is 3.38. The monoisotopic (exact) mass is 349 g/mol. The van der Waals surface area contributed by atoms with Crippen LogP contribution in [0.4, 0.5) is 11.5 Å². The molecule has 0 saturated carbocycles. The summed E-state index contributed by atoms with van der Waals surface area (Å²) in [6.45, 7) is 0. The van der Waals surface area contributed by atoms with Crippen LogP contribution in [0.2, 0.25) is 0 Å². The Morgan fingerprint density at radius 3 is 2.92 bits per heavy atom. The maximum Gasteiger partial charge on any atom is 0.259 e. The van der Waals surface area contributed by atoms with E-state index in [0.29, 0.717) is 17.1 Å². The van der Waals surface area contributed by atoms with Crippen LogP contribution < -0.4 is 15.4 Å². The summed E-state index contributed by atoms with van der Waals surface area (Å²) in [5, 5.41) is 10.0. The van der Waals surface area contributed by atoms with Gasteiger partial charge in [-0.2, -0.15) is 11.3 Å². The lowest BCUT2D eigenvalue weighted by molar-refractivity contribution is -0.110. The minimum atomic E-state index is -0.174. The molecule has 124 valence electrons. The third-order valence-corrected chi connectivity index (χ3v) is 4.67. The van der Waals surface area contributed by atoms with Crippen LogP contribution in [-0.4, -0.2) is 18.0 Å². The zero-order valence-electron chi connectivity index (χ0n) is 13.4. The minimum Gasteiger partial charge on any atom is -0.495 e. The molecule has 0 fully saturated rings. The second-order valence-corrected chi connectivity index (χ2v) is 6.27. The molecule has 0 bridgehead atoms. The van der Waals surface area contributed by atoms with Gasteiger partial charge in [-0.15, -0.1) is 0 Å². The van der Waals surface area contributed by atoms with Crippen molar-refractivity contribution >= 4 is 34.3 Å². The number of thiophene rings is 1. The number of benzene rings is 1. The van der Waals surface area contributed by atoms with Crippen molar-refractivity contribution in [2.24, 2.45) is 0 Å². The van der Waals surface area contributed by atoms with Crippen molar-refractivity contribution in [2.75, 3.05) is 17.7 Å². The number of aromatic nitrogens is 1. The van der Waals surface area contributed by atoms with Crippen LogP contribution in [-0.2, 0) is 4.79 Å². The van der Waals surface area contributed by atoms with Crippen molar-refractivity contribution in [1.82, 2.24) is 4.98 Å². The van der Waals surface area contributed by atoms with Crippen LogP contribution in [0.1, 0.15) is 5.56 Å². The predicted molar refractivity (Wildman–Crippen MR) is 101 cm³/mol. The molecule has 0 atom stereocenters. The largest absolute Gasteiger partial charge is 0.495 e. The van der Waals surface area contributed by atoms with E-state index in [1.54, 1.807) is 30.8 Å². The van der Waals surface area contributed by atoms with Crippen molar-refractivity contribution in [3.8, 4) is 16.9 Å². The van der Waals surface area contributed by atoms with Gasteiger partial charge in [0.25, 0.3) is 5.91 Å². The first kappa shape index (κ1) is 15.4. The molecule has 0 unspecified atom stereocenters. The topological polar surface area (TPSA) is 63.2 Å². The number of hydrogen-bond acceptors (Lipinski definition) is 5. The maximum atomic E-state index is 12.3. The molecule has 5 nitrogen and oxygen atoms in total. The van der Waals surface area contributed by atoms with Gasteiger partial charge in [-0.3, -0.25) is 4.79 Å². The first-order valence-electron chi connectivity index (χ1n) is 7.70. The quantitative estimate of drug-likeness (QED) is 0.692. The van der Waals surface area contributed by atoms with Gasteiger partial charge in [-0.1, -0.05) is 12.1 Å². The lowest BCUT2D eigenvalue weighted by Gasteiger charge is -2.08.